The van der Waals surface area contributed by atoms with E-state index >= 15 is 0 Å². The summed E-state index contributed by atoms with van der Waals surface area (Å²) in [6.07, 6.45) is 2.67. The van der Waals surface area contributed by atoms with Crippen LogP contribution in [0.1, 0.15) is 10.4 Å². The van der Waals surface area contributed by atoms with Gasteiger partial charge in [0, 0.05) is 18.9 Å². The quantitative estimate of drug-likeness (QED) is 0.472. The molecule has 1 rings (SSSR count). The van der Waals surface area contributed by atoms with Crippen LogP contribution in [0.5, 0.6) is 0 Å². The van der Waals surface area contributed by atoms with Gasteiger partial charge in [0.15, 0.2) is 0 Å². The Morgan fingerprint density at radius 2 is 2.46 bits per heavy atom. The van der Waals surface area contributed by atoms with E-state index in [2.05, 4.69) is 5.10 Å². The zero-order chi connectivity index (χ0) is 8.97. The Labute approximate surface area is 118 Å². The van der Waals surface area contributed by atoms with Crippen LogP contribution in [0.25, 0.3) is 0 Å². The van der Waals surface area contributed by atoms with E-state index in [1.165, 1.54) is 17.1 Å². The Kier molecular flexibility index (Phi) is 6.83. The summed E-state index contributed by atoms with van der Waals surface area (Å²) in [4.78, 5) is 10.3. The molecule has 0 saturated heterocycles. The van der Waals surface area contributed by atoms with E-state index in [4.69, 9.17) is 4.74 Å². The van der Waals surface area contributed by atoms with Crippen LogP contribution in [0.3, 0.4) is 0 Å². The molecule has 13 heavy (non-hydrogen) atoms. The van der Waals surface area contributed by atoms with Crippen LogP contribution < -0.4 is 56.5 Å². The van der Waals surface area contributed by atoms with Gasteiger partial charge >= 0.3 is 51.4 Å². The number of aromatic nitrogens is 2. The number of aromatic carboxylic acids is 1. The van der Waals surface area contributed by atoms with Crippen LogP contribution in [0.15, 0.2) is 12.4 Å². The summed E-state index contributed by atoms with van der Waals surface area (Å²) in [5.41, 5.74) is 0.0890. The molecule has 0 amide bonds. The van der Waals surface area contributed by atoms with Gasteiger partial charge < -0.3 is 14.6 Å². The Bertz CT molecular complexity index is 274. The molecule has 6 heteroatoms. The first kappa shape index (κ1) is 13.3. The van der Waals surface area contributed by atoms with Crippen molar-refractivity contribution in [2.24, 2.45) is 0 Å². The average Bonchev–Trinajstić information content (AvgIpc) is 2.48. The molecule has 0 aliphatic heterocycles. The fourth-order valence-corrected chi connectivity index (χ4v) is 0.776. The molecule has 0 aliphatic carbocycles. The number of hydrogen-bond acceptors (Lipinski definition) is 4. The van der Waals surface area contributed by atoms with Gasteiger partial charge in [-0.05, 0) is 0 Å². The standard InChI is InChI=1S/C7H10N2O3.K/c1-12-3-2-9-5-6(4-8-9)7(10)11;/h4-5H,2-3H2,1H3,(H,10,11);/q;+1/p-1. The van der Waals surface area contributed by atoms with Gasteiger partial charge in [0.2, 0.25) is 0 Å². The minimum atomic E-state index is -1.21. The zero-order valence-electron chi connectivity index (χ0n) is 7.69. The Hall–Kier alpha value is 0.276. The van der Waals surface area contributed by atoms with E-state index < -0.39 is 5.97 Å². The third kappa shape index (κ3) is 4.34. The molecule has 0 bridgehead atoms. The molecule has 0 unspecified atom stereocenters. The van der Waals surface area contributed by atoms with E-state index in [0.29, 0.717) is 13.2 Å². The predicted molar refractivity (Wildman–Crippen MR) is 38.4 cm³/mol. The summed E-state index contributed by atoms with van der Waals surface area (Å²) in [5, 5.41) is 14.1. The molecule has 0 radical (unpaired) electrons. The van der Waals surface area contributed by atoms with Crippen molar-refractivity contribution < 1.29 is 66.0 Å². The van der Waals surface area contributed by atoms with Gasteiger partial charge in [0.25, 0.3) is 0 Å². The Morgan fingerprint density at radius 1 is 1.77 bits per heavy atom. The van der Waals surface area contributed by atoms with Crippen molar-refractivity contribution in [3.05, 3.63) is 18.0 Å². The van der Waals surface area contributed by atoms with Crippen LogP contribution in [0, 0.1) is 0 Å². The van der Waals surface area contributed by atoms with Crippen molar-refractivity contribution >= 4 is 5.97 Å². The summed E-state index contributed by atoms with van der Waals surface area (Å²) in [6, 6.07) is 0. The fourth-order valence-electron chi connectivity index (χ4n) is 0.776. The minimum absolute atomic E-state index is 0. The topological polar surface area (TPSA) is 67.2 Å². The molecule has 0 fully saturated rings. The van der Waals surface area contributed by atoms with Gasteiger partial charge in [-0.2, -0.15) is 5.10 Å². The number of rotatable bonds is 4. The number of carboxylic acids is 1. The second kappa shape index (κ2) is 6.69. The van der Waals surface area contributed by atoms with E-state index in [1.807, 2.05) is 0 Å². The van der Waals surface area contributed by atoms with Crippen LogP contribution >= 0.6 is 0 Å². The summed E-state index contributed by atoms with van der Waals surface area (Å²) in [5.74, 6) is -1.21. The summed E-state index contributed by atoms with van der Waals surface area (Å²) >= 11 is 0. The number of nitrogens with zero attached hydrogens (tertiary/aromatic N) is 2. The maximum atomic E-state index is 10.3. The maximum Gasteiger partial charge on any atom is 1.00 e. The second-order valence-corrected chi connectivity index (χ2v) is 2.27. The van der Waals surface area contributed by atoms with Gasteiger partial charge in [0.1, 0.15) is 0 Å². The van der Waals surface area contributed by atoms with Crippen LogP contribution in [0.4, 0.5) is 0 Å². The van der Waals surface area contributed by atoms with Crippen molar-refractivity contribution in [3.63, 3.8) is 0 Å². The van der Waals surface area contributed by atoms with E-state index in [1.54, 1.807) is 7.11 Å². The molecule has 0 saturated carbocycles. The van der Waals surface area contributed by atoms with E-state index in [-0.39, 0.29) is 56.9 Å². The van der Waals surface area contributed by atoms with Gasteiger partial charge in [-0.15, -0.1) is 0 Å². The number of hydrogen-bond donors (Lipinski definition) is 0. The number of ether oxygens (including phenoxy) is 1. The number of carboxylic acid groups (broad SMARTS) is 1. The normalized spacial score (nSPS) is 9.31. The second-order valence-electron chi connectivity index (χ2n) is 2.27. The van der Waals surface area contributed by atoms with Gasteiger partial charge in [-0.1, -0.05) is 0 Å². The molecule has 0 aliphatic rings. The number of methoxy groups -OCH3 is 1. The van der Waals surface area contributed by atoms with Crippen LogP contribution in [-0.2, 0) is 11.3 Å². The van der Waals surface area contributed by atoms with Gasteiger partial charge in [-0.25, -0.2) is 0 Å². The summed E-state index contributed by atoms with van der Waals surface area (Å²) < 4.78 is 6.29. The van der Waals surface area contributed by atoms with Crippen LogP contribution in [-0.4, -0.2) is 29.5 Å². The molecule has 66 valence electrons. The molecule has 0 aromatic carbocycles. The smallest absolute Gasteiger partial charge is 0.545 e. The maximum absolute atomic E-state index is 10.3. The first-order valence-corrected chi connectivity index (χ1v) is 3.47. The Morgan fingerprint density at radius 3 is 2.92 bits per heavy atom. The summed E-state index contributed by atoms with van der Waals surface area (Å²) in [7, 11) is 1.57. The van der Waals surface area contributed by atoms with Crippen LogP contribution in [0.2, 0.25) is 0 Å². The van der Waals surface area contributed by atoms with Crippen molar-refractivity contribution in [1.82, 2.24) is 9.78 Å². The number of carbonyl (C=O) groups is 1. The molecule has 1 aromatic heterocycles. The fraction of sp³-hybridized carbons (Fsp3) is 0.429. The van der Waals surface area contributed by atoms with Crippen molar-refractivity contribution in [1.29, 1.82) is 0 Å². The van der Waals surface area contributed by atoms with E-state index in [0.717, 1.165) is 0 Å². The average molecular weight is 208 g/mol. The third-order valence-electron chi connectivity index (χ3n) is 1.39. The predicted octanol–water partition coefficient (Wildman–Crippen LogP) is -4.10. The third-order valence-corrected chi connectivity index (χ3v) is 1.39. The monoisotopic (exact) mass is 208 g/mol. The van der Waals surface area contributed by atoms with E-state index in [9.17, 15) is 9.90 Å². The Balaban J connectivity index is 0.00000144. The summed E-state index contributed by atoms with van der Waals surface area (Å²) in [6.45, 7) is 1.05. The molecular weight excluding hydrogens is 199 g/mol. The first-order valence-electron chi connectivity index (χ1n) is 3.47. The molecular formula is C7H9KN2O3. The number of carbonyl (C=O) groups excluding carboxylic acids is 1. The molecule has 5 nitrogen and oxygen atoms in total. The van der Waals surface area contributed by atoms with Crippen molar-refractivity contribution in [2.45, 2.75) is 6.54 Å². The molecule has 0 spiro atoms. The van der Waals surface area contributed by atoms with Gasteiger partial charge in [0.05, 0.1) is 25.3 Å². The zero-order valence-corrected chi connectivity index (χ0v) is 10.8. The molecule has 1 aromatic rings. The SMILES string of the molecule is COCCn1cc(C(=O)[O-])cn1.[K+]. The first-order chi connectivity index (χ1) is 5.74. The largest absolute Gasteiger partial charge is 1.00 e. The van der Waals surface area contributed by atoms with Crippen molar-refractivity contribution in [2.75, 3.05) is 13.7 Å². The van der Waals surface area contributed by atoms with Gasteiger partial charge in [-0.3, -0.25) is 4.68 Å². The molecule has 0 atom stereocenters. The molecule has 1 heterocycles. The minimum Gasteiger partial charge on any atom is -0.545 e. The molecule has 0 N–H and O–H groups in total. The van der Waals surface area contributed by atoms with Crippen molar-refractivity contribution in [3.8, 4) is 0 Å².